The lowest BCUT2D eigenvalue weighted by molar-refractivity contribution is -0.127. The third-order valence-corrected chi connectivity index (χ3v) is 5.37. The Bertz CT molecular complexity index is 319. The molecule has 0 spiro atoms. The van der Waals surface area contributed by atoms with E-state index < -0.39 is 0 Å². The molecule has 1 aliphatic carbocycles. The molecule has 2 N–H and O–H groups in total. The molecule has 1 saturated carbocycles. The molecule has 1 unspecified atom stereocenters. The summed E-state index contributed by atoms with van der Waals surface area (Å²) < 4.78 is 0. The first-order chi connectivity index (χ1) is 9.50. The highest BCUT2D eigenvalue weighted by Crippen LogP contribution is 2.31. The van der Waals surface area contributed by atoms with Gasteiger partial charge in [-0.25, -0.2) is 0 Å². The standard InChI is InChI=1S/C17H32N2O/c1-13(14-9-6-4-5-7-10-14)19-16(20)15-17(2,3)11-8-12-18-15/h13-15,18H,4-12H2,1-3H3,(H,19,20)/t13-,15?/m0/s1. The molecular formula is C17H32N2O. The number of piperidine rings is 1. The van der Waals surface area contributed by atoms with E-state index in [9.17, 15) is 4.79 Å². The lowest BCUT2D eigenvalue weighted by Crippen LogP contribution is -2.57. The van der Waals surface area contributed by atoms with Gasteiger partial charge in [0.25, 0.3) is 0 Å². The first-order valence-corrected chi connectivity index (χ1v) is 8.54. The number of amides is 1. The summed E-state index contributed by atoms with van der Waals surface area (Å²) in [6.45, 7) is 7.59. The quantitative estimate of drug-likeness (QED) is 0.779. The topological polar surface area (TPSA) is 41.1 Å². The van der Waals surface area contributed by atoms with Crippen LogP contribution in [-0.2, 0) is 4.79 Å². The van der Waals surface area contributed by atoms with Gasteiger partial charge in [0.1, 0.15) is 0 Å². The maximum absolute atomic E-state index is 12.6. The first kappa shape index (κ1) is 15.8. The highest BCUT2D eigenvalue weighted by molar-refractivity contribution is 5.83. The van der Waals surface area contributed by atoms with E-state index in [1.54, 1.807) is 0 Å². The zero-order chi connectivity index (χ0) is 14.6. The monoisotopic (exact) mass is 280 g/mol. The third-order valence-electron chi connectivity index (χ3n) is 5.37. The molecule has 1 heterocycles. The van der Waals surface area contributed by atoms with Crippen LogP contribution in [0.4, 0.5) is 0 Å². The number of rotatable bonds is 3. The Hall–Kier alpha value is -0.570. The normalized spacial score (nSPS) is 29.4. The summed E-state index contributed by atoms with van der Waals surface area (Å²) in [4.78, 5) is 12.6. The predicted molar refractivity (Wildman–Crippen MR) is 83.6 cm³/mol. The van der Waals surface area contributed by atoms with Crippen molar-refractivity contribution in [1.29, 1.82) is 0 Å². The van der Waals surface area contributed by atoms with Crippen molar-refractivity contribution in [3.63, 3.8) is 0 Å². The minimum atomic E-state index is -0.0236. The zero-order valence-corrected chi connectivity index (χ0v) is 13.5. The third kappa shape index (κ3) is 3.97. The van der Waals surface area contributed by atoms with Gasteiger partial charge in [-0.3, -0.25) is 4.79 Å². The van der Waals surface area contributed by atoms with Crippen molar-refractivity contribution in [3.8, 4) is 0 Å². The average molecular weight is 280 g/mol. The number of carbonyl (C=O) groups excluding carboxylic acids is 1. The van der Waals surface area contributed by atoms with Crippen LogP contribution >= 0.6 is 0 Å². The molecule has 0 aromatic carbocycles. The van der Waals surface area contributed by atoms with E-state index in [1.807, 2.05) is 0 Å². The van der Waals surface area contributed by atoms with Crippen molar-refractivity contribution in [2.24, 2.45) is 11.3 Å². The molecule has 1 aliphatic heterocycles. The van der Waals surface area contributed by atoms with Crippen LogP contribution in [0, 0.1) is 11.3 Å². The molecule has 1 saturated heterocycles. The maximum Gasteiger partial charge on any atom is 0.237 e. The molecule has 116 valence electrons. The molecule has 2 atom stereocenters. The van der Waals surface area contributed by atoms with E-state index in [2.05, 4.69) is 31.4 Å². The van der Waals surface area contributed by atoms with E-state index in [-0.39, 0.29) is 17.4 Å². The van der Waals surface area contributed by atoms with Crippen molar-refractivity contribution in [1.82, 2.24) is 10.6 Å². The Morgan fingerprint density at radius 1 is 1.15 bits per heavy atom. The number of hydrogen-bond donors (Lipinski definition) is 2. The molecule has 1 amide bonds. The van der Waals surface area contributed by atoms with Gasteiger partial charge in [0.05, 0.1) is 6.04 Å². The van der Waals surface area contributed by atoms with Crippen LogP contribution in [0.15, 0.2) is 0 Å². The number of carbonyl (C=O) groups is 1. The smallest absolute Gasteiger partial charge is 0.237 e. The Morgan fingerprint density at radius 2 is 1.80 bits per heavy atom. The highest BCUT2D eigenvalue weighted by Gasteiger charge is 2.37. The summed E-state index contributed by atoms with van der Waals surface area (Å²) in [6.07, 6.45) is 10.3. The van der Waals surface area contributed by atoms with Gasteiger partial charge >= 0.3 is 0 Å². The van der Waals surface area contributed by atoms with Gasteiger partial charge < -0.3 is 10.6 Å². The van der Waals surface area contributed by atoms with Crippen molar-refractivity contribution in [2.75, 3.05) is 6.54 Å². The fourth-order valence-electron chi connectivity index (χ4n) is 3.90. The van der Waals surface area contributed by atoms with Crippen molar-refractivity contribution in [3.05, 3.63) is 0 Å². The van der Waals surface area contributed by atoms with E-state index in [0.29, 0.717) is 12.0 Å². The average Bonchev–Trinajstić information content (AvgIpc) is 2.66. The van der Waals surface area contributed by atoms with Crippen molar-refractivity contribution in [2.45, 2.75) is 84.2 Å². The fraction of sp³-hybridized carbons (Fsp3) is 0.941. The molecule has 2 rings (SSSR count). The maximum atomic E-state index is 12.6. The van der Waals surface area contributed by atoms with E-state index in [4.69, 9.17) is 0 Å². The van der Waals surface area contributed by atoms with Gasteiger partial charge in [-0.05, 0) is 50.5 Å². The van der Waals surface area contributed by atoms with Gasteiger partial charge in [-0.15, -0.1) is 0 Å². The Morgan fingerprint density at radius 3 is 2.40 bits per heavy atom. The lowest BCUT2D eigenvalue weighted by Gasteiger charge is -2.39. The largest absolute Gasteiger partial charge is 0.352 e. The number of nitrogens with one attached hydrogen (secondary N) is 2. The lowest BCUT2D eigenvalue weighted by atomic mass is 9.77. The fourth-order valence-corrected chi connectivity index (χ4v) is 3.90. The van der Waals surface area contributed by atoms with E-state index in [1.165, 1.54) is 44.9 Å². The summed E-state index contributed by atoms with van der Waals surface area (Å²) in [5.41, 5.74) is 0.0749. The van der Waals surface area contributed by atoms with Crippen molar-refractivity contribution >= 4 is 5.91 Å². The summed E-state index contributed by atoms with van der Waals surface area (Å²) in [5.74, 6) is 0.889. The van der Waals surface area contributed by atoms with Crippen LogP contribution in [-0.4, -0.2) is 24.5 Å². The molecule has 0 bridgehead atoms. The molecule has 0 aromatic heterocycles. The zero-order valence-electron chi connectivity index (χ0n) is 13.5. The Labute approximate surface area is 124 Å². The Kier molecular flexibility index (Phi) is 5.48. The van der Waals surface area contributed by atoms with Gasteiger partial charge in [0, 0.05) is 6.04 Å². The summed E-state index contributed by atoms with van der Waals surface area (Å²) in [7, 11) is 0. The highest BCUT2D eigenvalue weighted by atomic mass is 16.2. The van der Waals surface area contributed by atoms with Gasteiger partial charge in [0.2, 0.25) is 5.91 Å². The second-order valence-electron chi connectivity index (χ2n) is 7.53. The van der Waals surface area contributed by atoms with E-state index in [0.717, 1.165) is 13.0 Å². The SMILES string of the molecule is C[C@H](NC(=O)C1NCCCC1(C)C)C1CCCCCC1. The van der Waals surface area contributed by atoms with Crippen LogP contribution in [0.3, 0.4) is 0 Å². The van der Waals surface area contributed by atoms with E-state index >= 15 is 0 Å². The first-order valence-electron chi connectivity index (χ1n) is 8.54. The summed E-state index contributed by atoms with van der Waals surface area (Å²) in [6, 6.07) is 0.296. The molecule has 0 aromatic rings. The molecule has 2 aliphatic rings. The molecule has 2 fully saturated rings. The summed E-state index contributed by atoms with van der Waals surface area (Å²) in [5, 5.41) is 6.72. The van der Waals surface area contributed by atoms with Crippen LogP contribution in [0.1, 0.15) is 72.1 Å². The van der Waals surface area contributed by atoms with Gasteiger partial charge in [-0.1, -0.05) is 39.5 Å². The Balaban J connectivity index is 1.89. The number of hydrogen-bond acceptors (Lipinski definition) is 2. The molecular weight excluding hydrogens is 248 g/mol. The van der Waals surface area contributed by atoms with Crippen LogP contribution in [0.2, 0.25) is 0 Å². The molecule has 0 radical (unpaired) electrons. The van der Waals surface area contributed by atoms with Crippen molar-refractivity contribution < 1.29 is 4.79 Å². The van der Waals surface area contributed by atoms with Crippen LogP contribution < -0.4 is 10.6 Å². The minimum Gasteiger partial charge on any atom is -0.352 e. The summed E-state index contributed by atoms with van der Waals surface area (Å²) >= 11 is 0. The van der Waals surface area contributed by atoms with Crippen LogP contribution in [0.25, 0.3) is 0 Å². The predicted octanol–water partition coefficient (Wildman–Crippen LogP) is 3.24. The van der Waals surface area contributed by atoms with Gasteiger partial charge in [0.15, 0.2) is 0 Å². The second kappa shape index (κ2) is 6.93. The molecule has 3 nitrogen and oxygen atoms in total. The second-order valence-corrected chi connectivity index (χ2v) is 7.53. The van der Waals surface area contributed by atoms with Crippen LogP contribution in [0.5, 0.6) is 0 Å². The van der Waals surface area contributed by atoms with Gasteiger partial charge in [-0.2, -0.15) is 0 Å². The minimum absolute atomic E-state index is 0.0236. The molecule has 3 heteroatoms. The molecule has 20 heavy (non-hydrogen) atoms.